The predicted octanol–water partition coefficient (Wildman–Crippen LogP) is 3.25. The second-order valence-corrected chi connectivity index (χ2v) is 8.48. The molecule has 0 radical (unpaired) electrons. The zero-order valence-electron chi connectivity index (χ0n) is 17.6. The molecule has 29 heavy (non-hydrogen) atoms. The van der Waals surface area contributed by atoms with Crippen LogP contribution in [-0.2, 0) is 17.9 Å². The third kappa shape index (κ3) is 4.64. The number of piperidine rings is 1. The standard InChI is InChI=1S/C23H32N4O2/c1-3-25-12-8-23(9-13-25)17-27(16-20-15-19(2)6-7-21(20)29-23)22(28)5-4-11-26-14-10-24-18-26/h6-7,10,14-15,18H,3-5,8-9,11-13,16-17H2,1-2H3. The van der Waals surface area contributed by atoms with Crippen LogP contribution in [0.5, 0.6) is 5.75 Å². The van der Waals surface area contributed by atoms with E-state index in [4.69, 9.17) is 4.74 Å². The number of aromatic nitrogens is 2. The van der Waals surface area contributed by atoms with E-state index in [1.807, 2.05) is 15.7 Å². The van der Waals surface area contributed by atoms with Crippen molar-refractivity contribution < 1.29 is 9.53 Å². The van der Waals surface area contributed by atoms with Crippen LogP contribution in [0, 0.1) is 6.92 Å². The summed E-state index contributed by atoms with van der Waals surface area (Å²) < 4.78 is 8.67. The van der Waals surface area contributed by atoms with E-state index >= 15 is 0 Å². The van der Waals surface area contributed by atoms with Gasteiger partial charge in [0, 0.05) is 63.4 Å². The Morgan fingerprint density at radius 2 is 2.10 bits per heavy atom. The molecule has 3 heterocycles. The molecule has 2 aliphatic heterocycles. The summed E-state index contributed by atoms with van der Waals surface area (Å²) in [6.07, 6.45) is 8.83. The second-order valence-electron chi connectivity index (χ2n) is 8.48. The molecule has 0 atom stereocenters. The molecule has 4 rings (SSSR count). The number of fused-ring (bicyclic) bond motifs is 1. The minimum atomic E-state index is -0.272. The van der Waals surface area contributed by atoms with Crippen LogP contribution in [-0.4, -0.2) is 57.0 Å². The van der Waals surface area contributed by atoms with Crippen LogP contribution in [0.15, 0.2) is 36.9 Å². The number of likely N-dealkylation sites (tertiary alicyclic amines) is 1. The highest BCUT2D eigenvalue weighted by atomic mass is 16.5. The number of aryl methyl sites for hydroxylation is 2. The van der Waals surface area contributed by atoms with Gasteiger partial charge in [0.05, 0.1) is 12.9 Å². The normalized spacial score (nSPS) is 18.9. The SMILES string of the molecule is CCN1CCC2(CC1)CN(C(=O)CCCn1ccnc1)Cc1cc(C)ccc1O2. The summed E-state index contributed by atoms with van der Waals surface area (Å²) in [7, 11) is 0. The molecule has 1 aromatic heterocycles. The lowest BCUT2D eigenvalue weighted by Crippen LogP contribution is -2.54. The van der Waals surface area contributed by atoms with E-state index in [1.54, 1.807) is 12.5 Å². The van der Waals surface area contributed by atoms with Gasteiger partial charge in [0.2, 0.25) is 5.91 Å². The molecule has 2 aromatic rings. The van der Waals surface area contributed by atoms with Crippen LogP contribution in [0.2, 0.25) is 0 Å². The Hall–Kier alpha value is -2.34. The Balaban J connectivity index is 1.50. The van der Waals surface area contributed by atoms with E-state index in [1.165, 1.54) is 5.56 Å². The second kappa shape index (κ2) is 8.57. The van der Waals surface area contributed by atoms with Gasteiger partial charge in [-0.2, -0.15) is 0 Å². The van der Waals surface area contributed by atoms with Gasteiger partial charge < -0.3 is 19.1 Å². The third-order valence-corrected chi connectivity index (χ3v) is 6.32. The Morgan fingerprint density at radius 3 is 2.83 bits per heavy atom. The summed E-state index contributed by atoms with van der Waals surface area (Å²) in [6.45, 7) is 9.58. The molecule has 0 saturated carbocycles. The van der Waals surface area contributed by atoms with Gasteiger partial charge in [-0.05, 0) is 26.0 Å². The zero-order chi connectivity index (χ0) is 20.3. The average Bonchev–Trinajstić information content (AvgIpc) is 3.18. The van der Waals surface area contributed by atoms with E-state index < -0.39 is 0 Å². The van der Waals surface area contributed by atoms with Crippen molar-refractivity contribution in [1.82, 2.24) is 19.4 Å². The first-order valence-electron chi connectivity index (χ1n) is 10.8. The van der Waals surface area contributed by atoms with E-state index in [2.05, 4.69) is 41.9 Å². The smallest absolute Gasteiger partial charge is 0.223 e. The van der Waals surface area contributed by atoms with Crippen LogP contribution in [0.4, 0.5) is 0 Å². The molecular weight excluding hydrogens is 364 g/mol. The maximum atomic E-state index is 13.2. The lowest BCUT2D eigenvalue weighted by Gasteiger charge is -2.42. The van der Waals surface area contributed by atoms with Gasteiger partial charge in [-0.15, -0.1) is 0 Å². The molecular formula is C23H32N4O2. The van der Waals surface area contributed by atoms with Gasteiger partial charge >= 0.3 is 0 Å². The number of benzene rings is 1. The number of rotatable bonds is 5. The molecule has 1 aromatic carbocycles. The van der Waals surface area contributed by atoms with Crippen molar-refractivity contribution in [2.45, 2.75) is 58.2 Å². The van der Waals surface area contributed by atoms with Crippen molar-refractivity contribution in [3.63, 3.8) is 0 Å². The Kier molecular flexibility index (Phi) is 5.90. The number of carbonyl (C=O) groups excluding carboxylic acids is 1. The maximum absolute atomic E-state index is 13.2. The maximum Gasteiger partial charge on any atom is 0.223 e. The van der Waals surface area contributed by atoms with Crippen molar-refractivity contribution in [1.29, 1.82) is 0 Å². The number of amides is 1. The number of hydrogen-bond donors (Lipinski definition) is 0. The van der Waals surface area contributed by atoms with Gasteiger partial charge in [-0.3, -0.25) is 4.79 Å². The van der Waals surface area contributed by atoms with Crippen molar-refractivity contribution in [2.75, 3.05) is 26.2 Å². The molecule has 6 heteroatoms. The molecule has 0 unspecified atom stereocenters. The number of hydrogen-bond acceptors (Lipinski definition) is 4. The molecule has 0 bridgehead atoms. The summed E-state index contributed by atoms with van der Waals surface area (Å²) >= 11 is 0. The van der Waals surface area contributed by atoms with Gasteiger partial charge in [0.1, 0.15) is 11.4 Å². The van der Waals surface area contributed by atoms with E-state index in [9.17, 15) is 4.79 Å². The Morgan fingerprint density at radius 1 is 1.28 bits per heavy atom. The van der Waals surface area contributed by atoms with Crippen LogP contribution >= 0.6 is 0 Å². The van der Waals surface area contributed by atoms with E-state index in [-0.39, 0.29) is 11.5 Å². The summed E-state index contributed by atoms with van der Waals surface area (Å²) in [5, 5.41) is 0. The molecule has 156 valence electrons. The van der Waals surface area contributed by atoms with Crippen LogP contribution in [0.25, 0.3) is 0 Å². The number of ether oxygens (including phenoxy) is 1. The first-order valence-corrected chi connectivity index (χ1v) is 10.8. The monoisotopic (exact) mass is 396 g/mol. The molecule has 0 aliphatic carbocycles. The molecule has 0 N–H and O–H groups in total. The lowest BCUT2D eigenvalue weighted by molar-refractivity contribution is -0.135. The zero-order valence-corrected chi connectivity index (χ0v) is 17.6. The number of nitrogens with zero attached hydrogens (tertiary/aromatic N) is 4. The van der Waals surface area contributed by atoms with Gasteiger partial charge in [0.25, 0.3) is 0 Å². The highest BCUT2D eigenvalue weighted by Gasteiger charge is 2.41. The summed E-state index contributed by atoms with van der Waals surface area (Å²) in [4.78, 5) is 21.7. The molecule has 1 amide bonds. The Bertz CT molecular complexity index is 825. The van der Waals surface area contributed by atoms with Crippen molar-refractivity contribution in [2.24, 2.45) is 0 Å². The highest BCUT2D eigenvalue weighted by molar-refractivity contribution is 5.76. The minimum absolute atomic E-state index is 0.223. The van der Waals surface area contributed by atoms with Gasteiger partial charge in [0.15, 0.2) is 0 Å². The summed E-state index contributed by atoms with van der Waals surface area (Å²) in [6, 6.07) is 6.36. The Labute approximate surface area is 173 Å². The van der Waals surface area contributed by atoms with E-state index in [0.29, 0.717) is 19.5 Å². The number of imidazole rings is 1. The van der Waals surface area contributed by atoms with Gasteiger partial charge in [-0.25, -0.2) is 4.98 Å². The predicted molar refractivity (Wildman–Crippen MR) is 113 cm³/mol. The van der Waals surface area contributed by atoms with Crippen LogP contribution < -0.4 is 4.74 Å². The molecule has 2 aliphatic rings. The fourth-order valence-electron chi connectivity index (χ4n) is 4.51. The van der Waals surface area contributed by atoms with Gasteiger partial charge in [-0.1, -0.05) is 24.6 Å². The van der Waals surface area contributed by atoms with Crippen molar-refractivity contribution in [3.05, 3.63) is 48.0 Å². The molecule has 1 fully saturated rings. The fourth-order valence-corrected chi connectivity index (χ4v) is 4.51. The highest BCUT2D eigenvalue weighted by Crippen LogP contribution is 2.36. The third-order valence-electron chi connectivity index (χ3n) is 6.32. The first kappa shape index (κ1) is 20.0. The topological polar surface area (TPSA) is 50.6 Å². The molecule has 6 nitrogen and oxygen atoms in total. The summed E-state index contributed by atoms with van der Waals surface area (Å²) in [5.74, 6) is 1.18. The summed E-state index contributed by atoms with van der Waals surface area (Å²) in [5.41, 5.74) is 2.06. The first-order chi connectivity index (χ1) is 14.1. The van der Waals surface area contributed by atoms with Crippen LogP contribution in [0.3, 0.4) is 0 Å². The quantitative estimate of drug-likeness (QED) is 0.779. The van der Waals surface area contributed by atoms with Crippen LogP contribution in [0.1, 0.15) is 43.7 Å². The lowest BCUT2D eigenvalue weighted by atomic mass is 9.90. The largest absolute Gasteiger partial charge is 0.485 e. The van der Waals surface area contributed by atoms with E-state index in [0.717, 1.165) is 56.8 Å². The number of carbonyl (C=O) groups is 1. The molecule has 1 saturated heterocycles. The molecule has 1 spiro atoms. The minimum Gasteiger partial charge on any atom is -0.485 e. The average molecular weight is 397 g/mol. The van der Waals surface area contributed by atoms with Crippen molar-refractivity contribution in [3.8, 4) is 5.75 Å². The fraction of sp³-hybridized carbons (Fsp3) is 0.565. The van der Waals surface area contributed by atoms with Crippen molar-refractivity contribution >= 4 is 5.91 Å².